The van der Waals surface area contributed by atoms with Gasteiger partial charge in [0.1, 0.15) is 11.4 Å². The van der Waals surface area contributed by atoms with Gasteiger partial charge in [0.2, 0.25) is 0 Å². The molecule has 7 rings (SSSR count). The molecule has 0 radical (unpaired) electrons. The molecule has 7 aliphatic rings. The van der Waals surface area contributed by atoms with Gasteiger partial charge in [0, 0.05) is 22.8 Å². The lowest BCUT2D eigenvalue weighted by Gasteiger charge is -2.70. The Labute approximate surface area is 182 Å². The summed E-state index contributed by atoms with van der Waals surface area (Å²) in [6.45, 7) is 10.3. The summed E-state index contributed by atoms with van der Waals surface area (Å²) in [5.74, 6) is -1.02. The summed E-state index contributed by atoms with van der Waals surface area (Å²) in [6.07, 6.45) is 5.53. The Morgan fingerprint density at radius 2 is 1.77 bits per heavy atom. The third-order valence-electron chi connectivity index (χ3n) is 11.2. The Morgan fingerprint density at radius 3 is 2.48 bits per heavy atom. The van der Waals surface area contributed by atoms with Crippen LogP contribution in [0, 0.1) is 44.8 Å². The lowest BCUT2D eigenvalue weighted by atomic mass is 9.31. The Bertz CT molecular complexity index is 982. The largest absolute Gasteiger partial charge is 0.465 e. The minimum absolute atomic E-state index is 0.0893. The van der Waals surface area contributed by atoms with Crippen molar-refractivity contribution < 1.29 is 29.0 Å². The van der Waals surface area contributed by atoms with Crippen LogP contribution in [-0.2, 0) is 23.9 Å². The maximum absolute atomic E-state index is 14.0. The van der Waals surface area contributed by atoms with Gasteiger partial charge in [-0.15, -0.1) is 0 Å². The SMILES string of the molecule is CC1(C)OC(=O)C=CC2(C)C1CCC13CC4(C)C(=O)C(C)(CC21)C31COC(=O)C1C4O. The summed E-state index contributed by atoms with van der Waals surface area (Å²) < 4.78 is 11.5. The summed E-state index contributed by atoms with van der Waals surface area (Å²) in [6, 6.07) is 0. The highest BCUT2D eigenvalue weighted by Gasteiger charge is 2.90. The van der Waals surface area contributed by atoms with Crippen molar-refractivity contribution in [2.45, 2.75) is 72.0 Å². The Morgan fingerprint density at radius 1 is 1.06 bits per heavy atom. The van der Waals surface area contributed by atoms with E-state index < -0.39 is 33.9 Å². The van der Waals surface area contributed by atoms with Crippen LogP contribution in [0.2, 0.25) is 0 Å². The maximum Gasteiger partial charge on any atom is 0.330 e. The second kappa shape index (κ2) is 5.11. The minimum Gasteiger partial charge on any atom is -0.465 e. The van der Waals surface area contributed by atoms with Gasteiger partial charge >= 0.3 is 11.9 Å². The first-order valence-corrected chi connectivity index (χ1v) is 11.6. The zero-order valence-corrected chi connectivity index (χ0v) is 19.0. The van der Waals surface area contributed by atoms with Crippen molar-refractivity contribution in [3.05, 3.63) is 12.2 Å². The van der Waals surface area contributed by atoms with Crippen molar-refractivity contribution in [2.75, 3.05) is 6.61 Å². The fourth-order valence-electron chi connectivity index (χ4n) is 10.3. The highest BCUT2D eigenvalue weighted by Crippen LogP contribution is 2.86. The number of cyclic esters (lactones) is 2. The molecule has 0 aromatic carbocycles. The lowest BCUT2D eigenvalue weighted by molar-refractivity contribution is -0.251. The Kier molecular flexibility index (Phi) is 3.29. The van der Waals surface area contributed by atoms with Crippen molar-refractivity contribution in [3.8, 4) is 0 Å². The van der Waals surface area contributed by atoms with Crippen LogP contribution in [0.1, 0.15) is 60.3 Å². The first kappa shape index (κ1) is 20.0. The molecule has 1 N–H and O–H groups in total. The average Bonchev–Trinajstić information content (AvgIpc) is 3.09. The summed E-state index contributed by atoms with van der Waals surface area (Å²) in [4.78, 5) is 39.3. The zero-order valence-electron chi connectivity index (χ0n) is 19.0. The first-order valence-electron chi connectivity index (χ1n) is 11.6. The van der Waals surface area contributed by atoms with Gasteiger partial charge in [0.25, 0.3) is 0 Å². The Hall–Kier alpha value is -1.69. The van der Waals surface area contributed by atoms with Crippen LogP contribution in [0.3, 0.4) is 0 Å². The molecule has 168 valence electrons. The van der Waals surface area contributed by atoms with Crippen molar-refractivity contribution in [1.29, 1.82) is 0 Å². The van der Waals surface area contributed by atoms with Crippen LogP contribution in [0.15, 0.2) is 12.2 Å². The third kappa shape index (κ3) is 1.73. The number of aliphatic hydroxyl groups excluding tert-OH is 1. The van der Waals surface area contributed by atoms with E-state index in [1.807, 2.05) is 33.8 Å². The number of carbonyl (C=O) groups excluding carboxylic acids is 3. The second-order valence-electron chi connectivity index (χ2n) is 12.5. The quantitative estimate of drug-likeness (QED) is 0.597. The monoisotopic (exact) mass is 428 g/mol. The van der Waals surface area contributed by atoms with E-state index in [-0.39, 0.29) is 47.0 Å². The van der Waals surface area contributed by atoms with Crippen LogP contribution in [0.5, 0.6) is 0 Å². The van der Waals surface area contributed by atoms with Gasteiger partial charge in [0.05, 0.1) is 24.0 Å². The number of ether oxygens (including phenoxy) is 2. The number of rotatable bonds is 0. The van der Waals surface area contributed by atoms with Gasteiger partial charge in [-0.05, 0) is 56.3 Å². The number of aliphatic hydroxyl groups is 1. The predicted molar refractivity (Wildman–Crippen MR) is 109 cm³/mol. The summed E-state index contributed by atoms with van der Waals surface area (Å²) >= 11 is 0. The highest BCUT2D eigenvalue weighted by atomic mass is 16.6. The Balaban J connectivity index is 1.62. The van der Waals surface area contributed by atoms with Gasteiger partial charge in [-0.3, -0.25) is 9.59 Å². The van der Waals surface area contributed by atoms with Gasteiger partial charge in [0.15, 0.2) is 0 Å². The number of allylic oxidation sites excluding steroid dienone is 1. The molecule has 4 bridgehead atoms. The second-order valence-corrected chi connectivity index (χ2v) is 12.5. The number of fused-ring (bicyclic) bond motifs is 2. The van der Waals surface area contributed by atoms with Crippen molar-refractivity contribution in [3.63, 3.8) is 0 Å². The number of Topliss-reactive ketones (excluding diaryl/α,β-unsaturated/α-hetero) is 1. The number of ketones is 1. The predicted octanol–water partition coefficient (Wildman–Crippen LogP) is 2.82. The molecule has 5 aliphatic carbocycles. The normalized spacial score (nSPS) is 58.2. The lowest BCUT2D eigenvalue weighted by Crippen LogP contribution is -2.75. The molecule has 31 heavy (non-hydrogen) atoms. The molecule has 2 heterocycles. The first-order chi connectivity index (χ1) is 14.3. The van der Waals surface area contributed by atoms with Crippen LogP contribution in [0.25, 0.3) is 0 Å². The van der Waals surface area contributed by atoms with Crippen LogP contribution in [-0.4, -0.2) is 41.1 Å². The highest BCUT2D eigenvalue weighted by molar-refractivity contribution is 5.98. The van der Waals surface area contributed by atoms with Crippen molar-refractivity contribution >= 4 is 17.7 Å². The smallest absolute Gasteiger partial charge is 0.330 e. The average molecular weight is 429 g/mol. The zero-order chi connectivity index (χ0) is 22.4. The molecule has 0 aromatic heterocycles. The maximum atomic E-state index is 14.0. The third-order valence-corrected chi connectivity index (χ3v) is 11.2. The van der Waals surface area contributed by atoms with E-state index in [0.717, 1.165) is 12.8 Å². The minimum atomic E-state index is -0.996. The van der Waals surface area contributed by atoms with Gasteiger partial charge in [-0.25, -0.2) is 4.79 Å². The topological polar surface area (TPSA) is 89.9 Å². The molecule has 9 atom stereocenters. The molecular formula is C25H32O6. The fourth-order valence-corrected chi connectivity index (χ4v) is 10.3. The summed E-state index contributed by atoms with van der Waals surface area (Å²) in [5, 5.41) is 11.3. The van der Waals surface area contributed by atoms with Crippen LogP contribution in [0.4, 0.5) is 0 Å². The molecular weight excluding hydrogens is 396 g/mol. The molecule has 0 amide bonds. The van der Waals surface area contributed by atoms with Crippen LogP contribution < -0.4 is 0 Å². The fraction of sp³-hybridized carbons (Fsp3) is 0.800. The number of esters is 2. The van der Waals surface area contributed by atoms with E-state index in [1.165, 1.54) is 0 Å². The van der Waals surface area contributed by atoms with E-state index in [1.54, 1.807) is 6.08 Å². The molecule has 2 spiro atoms. The van der Waals surface area contributed by atoms with E-state index in [9.17, 15) is 19.5 Å². The molecule has 1 saturated heterocycles. The summed E-state index contributed by atoms with van der Waals surface area (Å²) in [5.41, 5.74) is -3.63. The molecule has 9 unspecified atom stereocenters. The molecule has 6 fully saturated rings. The standard InChI is InChI=1S/C25H32O6/c1-20(2)13-6-9-24-11-22(4)17(27)16-18(28)30-12-25(16,24)23(5,19(22)29)10-14(24)21(13,3)8-7-15(26)31-20/h7-8,13-14,16-17,27H,6,9-12H2,1-5H3. The van der Waals surface area contributed by atoms with Gasteiger partial charge < -0.3 is 14.6 Å². The molecule has 5 saturated carbocycles. The number of hydrogen-bond acceptors (Lipinski definition) is 6. The van der Waals surface area contributed by atoms with E-state index in [0.29, 0.717) is 12.8 Å². The van der Waals surface area contributed by atoms with Crippen LogP contribution >= 0.6 is 0 Å². The van der Waals surface area contributed by atoms with E-state index in [2.05, 4.69) is 6.92 Å². The number of hydrogen-bond donors (Lipinski definition) is 1. The van der Waals surface area contributed by atoms with E-state index in [4.69, 9.17) is 9.47 Å². The van der Waals surface area contributed by atoms with Crippen molar-refractivity contribution in [2.24, 2.45) is 44.8 Å². The van der Waals surface area contributed by atoms with Gasteiger partial charge in [-0.2, -0.15) is 0 Å². The molecule has 6 nitrogen and oxygen atoms in total. The molecule has 0 aromatic rings. The van der Waals surface area contributed by atoms with E-state index >= 15 is 0 Å². The van der Waals surface area contributed by atoms with Crippen molar-refractivity contribution in [1.82, 2.24) is 0 Å². The number of carbonyl (C=O) groups is 3. The molecule has 6 heteroatoms. The van der Waals surface area contributed by atoms with Gasteiger partial charge in [-0.1, -0.05) is 26.8 Å². The molecule has 2 aliphatic heterocycles. The summed E-state index contributed by atoms with van der Waals surface area (Å²) in [7, 11) is 0.